The molecule has 2 rings (SSSR count). The van der Waals surface area contributed by atoms with Crippen LogP contribution in [0.3, 0.4) is 0 Å². The zero-order valence-corrected chi connectivity index (χ0v) is 12.6. The maximum absolute atomic E-state index is 12.1. The number of aromatic amines is 1. The van der Waals surface area contributed by atoms with Gasteiger partial charge in [-0.1, -0.05) is 12.1 Å². The first-order chi connectivity index (χ1) is 9.28. The Balaban J connectivity index is 2.17. The molecule has 0 spiro atoms. The lowest BCUT2D eigenvalue weighted by atomic mass is 10.2. The van der Waals surface area contributed by atoms with E-state index in [0.29, 0.717) is 0 Å². The van der Waals surface area contributed by atoms with Crippen LogP contribution in [0.2, 0.25) is 0 Å². The number of hydrogen-bond acceptors (Lipinski definition) is 3. The van der Waals surface area contributed by atoms with Gasteiger partial charge >= 0.3 is 6.09 Å². The minimum atomic E-state index is -0.501. The summed E-state index contributed by atoms with van der Waals surface area (Å²) in [6.07, 6.45) is -0.356. The van der Waals surface area contributed by atoms with Crippen molar-refractivity contribution in [3.8, 4) is 0 Å². The molecule has 1 aromatic heterocycles. The van der Waals surface area contributed by atoms with Crippen LogP contribution in [0.15, 0.2) is 24.3 Å². The van der Waals surface area contributed by atoms with Gasteiger partial charge in [-0.25, -0.2) is 9.78 Å². The second-order valence-corrected chi connectivity index (χ2v) is 5.91. The Morgan fingerprint density at radius 2 is 2.00 bits per heavy atom. The molecule has 0 aliphatic carbocycles. The highest BCUT2D eigenvalue weighted by Crippen LogP contribution is 2.21. The molecule has 1 N–H and O–H groups in total. The van der Waals surface area contributed by atoms with Gasteiger partial charge in [-0.05, 0) is 39.8 Å². The highest BCUT2D eigenvalue weighted by Gasteiger charge is 2.25. The average Bonchev–Trinajstić information content (AvgIpc) is 2.78. The van der Waals surface area contributed by atoms with Crippen molar-refractivity contribution in [3.63, 3.8) is 0 Å². The maximum atomic E-state index is 12.1. The fraction of sp³-hybridized carbons (Fsp3) is 0.467. The second kappa shape index (κ2) is 5.15. The van der Waals surface area contributed by atoms with Crippen LogP contribution in [-0.2, 0) is 4.74 Å². The summed E-state index contributed by atoms with van der Waals surface area (Å²) in [4.78, 5) is 21.3. The molecule has 5 heteroatoms. The summed E-state index contributed by atoms with van der Waals surface area (Å²) in [6.45, 7) is 7.47. The van der Waals surface area contributed by atoms with Crippen LogP contribution in [0, 0.1) is 0 Å². The van der Waals surface area contributed by atoms with Crippen LogP contribution >= 0.6 is 0 Å². The van der Waals surface area contributed by atoms with Gasteiger partial charge in [0.2, 0.25) is 0 Å². The summed E-state index contributed by atoms with van der Waals surface area (Å²) in [7, 11) is 1.71. The van der Waals surface area contributed by atoms with E-state index in [-0.39, 0.29) is 12.1 Å². The molecule has 2 aromatic rings. The Morgan fingerprint density at radius 3 is 2.60 bits per heavy atom. The number of fused-ring (bicyclic) bond motifs is 1. The number of aromatic nitrogens is 2. The first-order valence-electron chi connectivity index (χ1n) is 6.68. The average molecular weight is 275 g/mol. The molecule has 0 fully saturated rings. The van der Waals surface area contributed by atoms with Crippen molar-refractivity contribution >= 4 is 17.1 Å². The van der Waals surface area contributed by atoms with Crippen molar-refractivity contribution in [2.75, 3.05) is 7.05 Å². The van der Waals surface area contributed by atoms with Crippen molar-refractivity contribution in [2.24, 2.45) is 0 Å². The number of ether oxygens (including phenoxy) is 1. The molecule has 0 radical (unpaired) electrons. The predicted molar refractivity (Wildman–Crippen MR) is 78.5 cm³/mol. The third-order valence-electron chi connectivity index (χ3n) is 3.07. The summed E-state index contributed by atoms with van der Waals surface area (Å²) in [6, 6.07) is 7.61. The van der Waals surface area contributed by atoms with E-state index in [0.717, 1.165) is 16.9 Å². The summed E-state index contributed by atoms with van der Waals surface area (Å²) in [5, 5.41) is 0. The van der Waals surface area contributed by atoms with Gasteiger partial charge in [-0.3, -0.25) is 0 Å². The lowest BCUT2D eigenvalue weighted by Crippen LogP contribution is -2.36. The third-order valence-corrected chi connectivity index (χ3v) is 3.07. The highest BCUT2D eigenvalue weighted by molar-refractivity contribution is 5.75. The molecule has 0 bridgehead atoms. The number of nitrogens with one attached hydrogen (secondary N) is 1. The van der Waals surface area contributed by atoms with Crippen LogP contribution in [0.25, 0.3) is 11.0 Å². The van der Waals surface area contributed by atoms with Crippen LogP contribution in [0.4, 0.5) is 4.79 Å². The minimum Gasteiger partial charge on any atom is -0.444 e. The number of carbonyl (C=O) groups excluding carboxylic acids is 1. The predicted octanol–water partition coefficient (Wildman–Crippen LogP) is 3.49. The molecule has 0 aliphatic heterocycles. The van der Waals surface area contributed by atoms with E-state index < -0.39 is 5.60 Å². The largest absolute Gasteiger partial charge is 0.444 e. The molecule has 1 aromatic carbocycles. The number of nitrogens with zero attached hydrogens (tertiary/aromatic N) is 2. The summed E-state index contributed by atoms with van der Waals surface area (Å²) in [5.41, 5.74) is 1.36. The van der Waals surface area contributed by atoms with Gasteiger partial charge in [-0.15, -0.1) is 0 Å². The number of benzene rings is 1. The van der Waals surface area contributed by atoms with Crippen molar-refractivity contribution in [1.82, 2.24) is 14.9 Å². The van der Waals surface area contributed by atoms with Crippen molar-refractivity contribution < 1.29 is 9.53 Å². The van der Waals surface area contributed by atoms with Gasteiger partial charge in [0.25, 0.3) is 0 Å². The summed E-state index contributed by atoms with van der Waals surface area (Å²) in [5.74, 6) is 0.750. The highest BCUT2D eigenvalue weighted by atomic mass is 16.6. The standard InChI is InChI=1S/C15H21N3O2/c1-10(18(5)14(19)20-15(2,3)4)13-16-11-8-6-7-9-12(11)17-13/h6-10H,1-5H3,(H,16,17)/t10-/m0/s1. The molecule has 1 atom stereocenters. The molecule has 0 saturated carbocycles. The lowest BCUT2D eigenvalue weighted by Gasteiger charge is -2.27. The maximum Gasteiger partial charge on any atom is 0.410 e. The number of H-pyrrole nitrogens is 1. The van der Waals surface area contributed by atoms with Gasteiger partial charge in [0, 0.05) is 7.05 Å². The molecule has 0 aliphatic rings. The second-order valence-electron chi connectivity index (χ2n) is 5.91. The van der Waals surface area contributed by atoms with Gasteiger partial charge in [0.15, 0.2) is 0 Å². The molecular formula is C15H21N3O2. The van der Waals surface area contributed by atoms with Gasteiger partial charge in [0.05, 0.1) is 17.1 Å². The minimum absolute atomic E-state index is 0.183. The number of imidazole rings is 1. The fourth-order valence-corrected chi connectivity index (χ4v) is 1.85. The molecular weight excluding hydrogens is 254 g/mol. The smallest absolute Gasteiger partial charge is 0.410 e. The van der Waals surface area contributed by atoms with Crippen molar-refractivity contribution in [2.45, 2.75) is 39.3 Å². The van der Waals surface area contributed by atoms with E-state index in [1.54, 1.807) is 11.9 Å². The monoisotopic (exact) mass is 275 g/mol. The van der Waals surface area contributed by atoms with E-state index in [9.17, 15) is 4.79 Å². The van der Waals surface area contributed by atoms with E-state index in [4.69, 9.17) is 4.74 Å². The van der Waals surface area contributed by atoms with Crippen molar-refractivity contribution in [1.29, 1.82) is 0 Å². The quantitative estimate of drug-likeness (QED) is 0.912. The van der Waals surface area contributed by atoms with E-state index in [2.05, 4.69) is 9.97 Å². The van der Waals surface area contributed by atoms with Crippen molar-refractivity contribution in [3.05, 3.63) is 30.1 Å². The molecule has 5 nitrogen and oxygen atoms in total. The van der Waals surface area contributed by atoms with Gasteiger partial charge in [-0.2, -0.15) is 0 Å². The van der Waals surface area contributed by atoms with E-state index in [1.807, 2.05) is 52.0 Å². The van der Waals surface area contributed by atoms with Gasteiger partial charge in [0.1, 0.15) is 11.4 Å². The Hall–Kier alpha value is -2.04. The third kappa shape index (κ3) is 3.10. The molecule has 1 amide bonds. The summed E-state index contributed by atoms with van der Waals surface area (Å²) >= 11 is 0. The SMILES string of the molecule is C[C@@H](c1nc2ccccc2[nH]1)N(C)C(=O)OC(C)(C)C. The zero-order valence-electron chi connectivity index (χ0n) is 12.6. The van der Waals surface area contributed by atoms with Gasteiger partial charge < -0.3 is 14.6 Å². The van der Waals surface area contributed by atoms with Crippen LogP contribution < -0.4 is 0 Å². The van der Waals surface area contributed by atoms with E-state index >= 15 is 0 Å². The number of carbonyl (C=O) groups is 1. The molecule has 20 heavy (non-hydrogen) atoms. The molecule has 0 unspecified atom stereocenters. The number of rotatable bonds is 2. The molecule has 108 valence electrons. The Kier molecular flexibility index (Phi) is 3.70. The molecule has 1 heterocycles. The lowest BCUT2D eigenvalue weighted by molar-refractivity contribution is 0.0228. The van der Waals surface area contributed by atoms with E-state index in [1.165, 1.54) is 0 Å². The Morgan fingerprint density at radius 1 is 1.35 bits per heavy atom. The van der Waals surface area contributed by atoms with Crippen LogP contribution in [0.1, 0.15) is 39.6 Å². The number of para-hydroxylation sites is 2. The number of amides is 1. The normalized spacial score (nSPS) is 13.2. The van der Waals surface area contributed by atoms with Crippen LogP contribution in [0.5, 0.6) is 0 Å². The fourth-order valence-electron chi connectivity index (χ4n) is 1.85. The zero-order chi connectivity index (χ0) is 14.9. The molecule has 0 saturated heterocycles. The first-order valence-corrected chi connectivity index (χ1v) is 6.68. The topological polar surface area (TPSA) is 58.2 Å². The first kappa shape index (κ1) is 14.4. The Bertz CT molecular complexity index is 580. The Labute approximate surface area is 118 Å². The summed E-state index contributed by atoms with van der Waals surface area (Å²) < 4.78 is 5.36. The number of hydrogen-bond donors (Lipinski definition) is 1. The van der Waals surface area contributed by atoms with Crippen LogP contribution in [-0.4, -0.2) is 33.6 Å².